The second-order valence-electron chi connectivity index (χ2n) is 11.1. The van der Waals surface area contributed by atoms with Crippen molar-refractivity contribution in [1.29, 1.82) is 0 Å². The molecule has 46 heavy (non-hydrogen) atoms. The number of carboxylic acids is 1. The predicted octanol–water partition coefficient (Wildman–Crippen LogP) is 6.95. The number of carboxylic acid groups (broad SMARTS) is 1. The summed E-state index contributed by atoms with van der Waals surface area (Å²) in [5.41, 5.74) is 2.17. The first-order valence-electron chi connectivity index (χ1n) is 14.0. The molecule has 1 aliphatic heterocycles. The molecule has 0 fully saturated rings. The van der Waals surface area contributed by atoms with Crippen molar-refractivity contribution in [1.82, 2.24) is 0 Å². The van der Waals surface area contributed by atoms with Gasteiger partial charge in [-0.2, -0.15) is 0 Å². The second-order valence-corrected chi connectivity index (χ2v) is 11.5. The molecule has 0 spiro atoms. The van der Waals surface area contributed by atoms with Gasteiger partial charge in [0.05, 0.1) is 32.0 Å². The van der Waals surface area contributed by atoms with Crippen molar-refractivity contribution in [3.05, 3.63) is 76.3 Å². The van der Waals surface area contributed by atoms with Gasteiger partial charge < -0.3 is 34.4 Å². The van der Waals surface area contributed by atoms with Crippen LogP contribution in [0, 0.1) is 0 Å². The number of oxime groups is 1. The van der Waals surface area contributed by atoms with Crippen LogP contribution in [0.5, 0.6) is 17.2 Å². The number of ether oxygens (including phenoxy) is 3. The Morgan fingerprint density at radius 3 is 2.46 bits per heavy atom. The van der Waals surface area contributed by atoms with E-state index in [2.05, 4.69) is 15.2 Å². The summed E-state index contributed by atoms with van der Waals surface area (Å²) in [5.74, 6) is -1.24. The van der Waals surface area contributed by atoms with Crippen LogP contribution in [-0.2, 0) is 19.8 Å². The van der Waals surface area contributed by atoms with Gasteiger partial charge in [-0.3, -0.25) is 9.59 Å². The molecule has 0 radical (unpaired) electrons. The number of anilines is 2. The Morgan fingerprint density at radius 2 is 1.80 bits per heavy atom. The van der Waals surface area contributed by atoms with Crippen molar-refractivity contribution >= 4 is 40.6 Å². The molecular formula is C32H33ClF3N3O7. The molecule has 1 heterocycles. The molecule has 1 amide bonds. The number of fused-ring (bicyclic) bond motifs is 1. The third kappa shape index (κ3) is 8.13. The number of aliphatic carboxylic acids is 1. The monoisotopic (exact) mass is 663 g/mol. The largest absolute Gasteiger partial charge is 0.573 e. The fourth-order valence-corrected chi connectivity index (χ4v) is 5.28. The van der Waals surface area contributed by atoms with Crippen molar-refractivity contribution < 1.29 is 46.9 Å². The van der Waals surface area contributed by atoms with Gasteiger partial charge in [-0.15, -0.1) is 13.2 Å². The van der Waals surface area contributed by atoms with E-state index in [1.54, 1.807) is 43.3 Å². The lowest BCUT2D eigenvalue weighted by Gasteiger charge is -2.28. The highest BCUT2D eigenvalue weighted by Crippen LogP contribution is 2.45. The third-order valence-electron chi connectivity index (χ3n) is 7.28. The van der Waals surface area contributed by atoms with Crippen molar-refractivity contribution in [2.45, 2.75) is 45.0 Å². The second kappa shape index (κ2) is 13.8. The van der Waals surface area contributed by atoms with Crippen molar-refractivity contribution in [2.75, 3.05) is 37.6 Å². The number of carbonyl (C=O) groups is 2. The zero-order valence-corrected chi connectivity index (χ0v) is 26.5. The summed E-state index contributed by atoms with van der Waals surface area (Å²) in [7, 11) is 2.90. The smallest absolute Gasteiger partial charge is 0.497 e. The molecule has 3 aromatic rings. The molecule has 246 valence electrons. The van der Waals surface area contributed by atoms with Crippen LogP contribution >= 0.6 is 11.6 Å². The van der Waals surface area contributed by atoms with E-state index in [4.69, 9.17) is 31.0 Å². The molecule has 1 aliphatic rings. The fraction of sp³-hybridized carbons (Fsp3) is 0.344. The number of methoxy groups -OCH3 is 2. The van der Waals surface area contributed by atoms with Crippen LogP contribution < -0.4 is 24.4 Å². The van der Waals surface area contributed by atoms with Gasteiger partial charge in [-0.05, 0) is 42.8 Å². The zero-order valence-electron chi connectivity index (χ0n) is 25.7. The van der Waals surface area contributed by atoms with Crippen LogP contribution in [0.15, 0.2) is 59.8 Å². The van der Waals surface area contributed by atoms with E-state index in [9.17, 15) is 22.8 Å². The Morgan fingerprint density at radius 1 is 1.07 bits per heavy atom. The lowest BCUT2D eigenvalue weighted by Crippen LogP contribution is -2.39. The number of carbonyl (C=O) groups excluding carboxylic acids is 1. The van der Waals surface area contributed by atoms with Crippen molar-refractivity contribution in [3.8, 4) is 17.2 Å². The molecule has 14 heteroatoms. The average molecular weight is 664 g/mol. The standard InChI is InChI=1S/C32H33ClF3N3O7/c1-18(38-45-11-10-28(40)41)19-12-21(15-23(13-19)43-4)37-29(24-8-6-20(33)14-27(24)44-5)30(42)39-17-31(2,3)25-9-7-22(16-26(25)39)46-32(34,35)36/h6-9,12-16,29,37H,10-11,17H2,1-5H3,(H,40,41). The first kappa shape index (κ1) is 34.2. The Balaban J connectivity index is 1.78. The molecule has 0 aromatic heterocycles. The minimum atomic E-state index is -4.91. The van der Waals surface area contributed by atoms with E-state index in [0.29, 0.717) is 44.6 Å². The average Bonchev–Trinajstić information content (AvgIpc) is 3.26. The van der Waals surface area contributed by atoms with E-state index in [0.717, 1.165) is 0 Å². The van der Waals surface area contributed by atoms with Gasteiger partial charge in [0.1, 0.15) is 29.9 Å². The number of amides is 1. The van der Waals surface area contributed by atoms with E-state index in [-0.39, 0.29) is 25.3 Å². The van der Waals surface area contributed by atoms with E-state index >= 15 is 0 Å². The highest BCUT2D eigenvalue weighted by Gasteiger charge is 2.42. The normalized spacial score (nSPS) is 14.7. The van der Waals surface area contributed by atoms with Gasteiger partial charge in [-0.1, -0.05) is 42.7 Å². The number of hydrogen-bond donors (Lipinski definition) is 2. The summed E-state index contributed by atoms with van der Waals surface area (Å²) in [6.07, 6.45) is -5.14. The minimum absolute atomic E-state index is 0.127. The van der Waals surface area contributed by atoms with E-state index in [1.807, 2.05) is 13.8 Å². The lowest BCUT2D eigenvalue weighted by molar-refractivity contribution is -0.274. The van der Waals surface area contributed by atoms with Gasteiger partial charge in [-0.25, -0.2) is 0 Å². The Hall–Kier alpha value is -4.65. The van der Waals surface area contributed by atoms with Crippen LogP contribution in [0.1, 0.15) is 49.9 Å². The molecule has 1 atom stereocenters. The quantitative estimate of drug-likeness (QED) is 0.121. The number of nitrogens with zero attached hydrogens (tertiary/aromatic N) is 2. The van der Waals surface area contributed by atoms with Crippen molar-refractivity contribution in [2.24, 2.45) is 5.16 Å². The number of hydrogen-bond acceptors (Lipinski definition) is 8. The molecule has 2 N–H and O–H groups in total. The highest BCUT2D eigenvalue weighted by molar-refractivity contribution is 6.30. The summed E-state index contributed by atoms with van der Waals surface area (Å²) in [4.78, 5) is 31.9. The third-order valence-corrected chi connectivity index (χ3v) is 7.51. The highest BCUT2D eigenvalue weighted by atomic mass is 35.5. The predicted molar refractivity (Wildman–Crippen MR) is 166 cm³/mol. The molecule has 1 unspecified atom stereocenters. The zero-order chi connectivity index (χ0) is 33.8. The van der Waals surface area contributed by atoms with Crippen molar-refractivity contribution in [3.63, 3.8) is 0 Å². The topological polar surface area (TPSA) is 119 Å². The maximum Gasteiger partial charge on any atom is 0.573 e. The van der Waals surface area contributed by atoms with E-state index < -0.39 is 35.4 Å². The fourth-order valence-electron chi connectivity index (χ4n) is 5.12. The lowest BCUT2D eigenvalue weighted by atomic mass is 9.87. The van der Waals surface area contributed by atoms with Gasteiger partial charge in [0, 0.05) is 45.9 Å². The van der Waals surface area contributed by atoms with Gasteiger partial charge >= 0.3 is 12.3 Å². The van der Waals surface area contributed by atoms with Crippen LogP contribution in [0.4, 0.5) is 24.5 Å². The molecule has 4 rings (SSSR count). The molecule has 0 aliphatic carbocycles. The van der Waals surface area contributed by atoms with Gasteiger partial charge in [0.25, 0.3) is 5.91 Å². The Kier molecular flexibility index (Phi) is 10.2. The van der Waals surface area contributed by atoms with Crippen LogP contribution in [0.25, 0.3) is 0 Å². The number of alkyl halides is 3. The molecular weight excluding hydrogens is 631 g/mol. The van der Waals surface area contributed by atoms with Crippen LogP contribution in [0.2, 0.25) is 5.02 Å². The van der Waals surface area contributed by atoms with Gasteiger partial charge in [0.15, 0.2) is 0 Å². The summed E-state index contributed by atoms with van der Waals surface area (Å²) >= 11 is 6.23. The Bertz CT molecular complexity index is 1650. The summed E-state index contributed by atoms with van der Waals surface area (Å²) in [6.45, 7) is 5.49. The van der Waals surface area contributed by atoms with Gasteiger partial charge in [0.2, 0.25) is 0 Å². The summed E-state index contributed by atoms with van der Waals surface area (Å²) < 4.78 is 54.5. The summed E-state index contributed by atoms with van der Waals surface area (Å²) in [6, 6.07) is 12.7. The first-order chi connectivity index (χ1) is 21.6. The number of rotatable bonds is 12. The molecule has 10 nitrogen and oxygen atoms in total. The first-order valence-corrected chi connectivity index (χ1v) is 14.4. The number of benzene rings is 3. The molecule has 0 bridgehead atoms. The number of nitrogens with one attached hydrogen (secondary N) is 1. The van der Waals surface area contributed by atoms with Crippen LogP contribution in [-0.4, -0.2) is 56.4 Å². The summed E-state index contributed by atoms with van der Waals surface area (Å²) in [5, 5.41) is 16.5. The Labute approximate surface area is 268 Å². The molecule has 0 saturated carbocycles. The van der Waals surface area contributed by atoms with Crippen LogP contribution in [0.3, 0.4) is 0 Å². The minimum Gasteiger partial charge on any atom is -0.497 e. The number of halogens is 4. The molecule has 0 saturated heterocycles. The maximum absolute atomic E-state index is 14.5. The van der Waals surface area contributed by atoms with E-state index in [1.165, 1.54) is 37.3 Å². The molecule has 3 aromatic carbocycles. The maximum atomic E-state index is 14.5. The SMILES string of the molecule is COc1cc(NC(C(=O)N2CC(C)(C)c3ccc(OC(F)(F)F)cc32)c2ccc(Cl)cc2OC)cc(C(C)=NOCCC(=O)O)c1.